The Morgan fingerprint density at radius 1 is 1.30 bits per heavy atom. The van der Waals surface area contributed by atoms with Crippen LogP contribution in [-0.4, -0.2) is 30.5 Å². The highest BCUT2D eigenvalue weighted by atomic mass is 16.5. The van der Waals surface area contributed by atoms with Crippen molar-refractivity contribution in [2.24, 2.45) is 5.41 Å². The van der Waals surface area contributed by atoms with Gasteiger partial charge in [0.25, 0.3) is 0 Å². The molecule has 1 atom stereocenters. The quantitative estimate of drug-likeness (QED) is 0.581. The lowest BCUT2D eigenvalue weighted by Crippen LogP contribution is -2.15. The Morgan fingerprint density at radius 2 is 1.91 bits per heavy atom. The van der Waals surface area contributed by atoms with Gasteiger partial charge in [-0.3, -0.25) is 0 Å². The number of allylic oxidation sites excluding steroid dienone is 1. The Kier molecular flexibility index (Phi) is 6.29. The fourth-order valence-corrected chi connectivity index (χ4v) is 2.00. The molecule has 6 nitrogen and oxygen atoms in total. The molecule has 0 bridgehead atoms. The van der Waals surface area contributed by atoms with Crippen LogP contribution in [0.15, 0.2) is 31.2 Å². The summed E-state index contributed by atoms with van der Waals surface area (Å²) in [5.41, 5.74) is 6.91. The highest BCUT2D eigenvalue weighted by molar-refractivity contribution is 5.85. The average Bonchev–Trinajstić information content (AvgIpc) is 2.88. The Morgan fingerprint density at radius 3 is 2.43 bits per heavy atom. The van der Waals surface area contributed by atoms with E-state index in [1.54, 1.807) is 0 Å². The van der Waals surface area contributed by atoms with E-state index in [0.717, 1.165) is 30.4 Å². The molecule has 0 fully saturated rings. The summed E-state index contributed by atoms with van der Waals surface area (Å²) in [6.07, 6.45) is 7.71. The molecular formula is C17H28N4O2. The summed E-state index contributed by atoms with van der Waals surface area (Å²) in [5.74, 6) is -0.958. The zero-order chi connectivity index (χ0) is 17.7. The number of nitrogens with zero attached hydrogens (tertiary/aromatic N) is 3. The molecule has 128 valence electrons. The molecule has 6 heteroatoms. The van der Waals surface area contributed by atoms with Crippen molar-refractivity contribution in [3.05, 3.63) is 31.2 Å². The van der Waals surface area contributed by atoms with Crippen LogP contribution >= 0.6 is 0 Å². The van der Waals surface area contributed by atoms with Gasteiger partial charge in [-0.2, -0.15) is 0 Å². The third kappa shape index (κ3) is 6.00. The first kappa shape index (κ1) is 19.1. The molecule has 2 aromatic heterocycles. The van der Waals surface area contributed by atoms with Crippen LogP contribution in [0.5, 0.6) is 0 Å². The SMILES string of the molecule is C=C[C@@](C)(CC)CCn1ccc2c(N)ncnc21.CC(C)(O)O. The van der Waals surface area contributed by atoms with Crippen LogP contribution in [0.1, 0.15) is 40.5 Å². The Balaban J connectivity index is 0.000000463. The summed E-state index contributed by atoms with van der Waals surface area (Å²) in [4.78, 5) is 8.30. The van der Waals surface area contributed by atoms with E-state index >= 15 is 0 Å². The number of nitrogen functional groups attached to an aromatic ring is 1. The van der Waals surface area contributed by atoms with Crippen molar-refractivity contribution in [3.8, 4) is 0 Å². The normalized spacial score (nSPS) is 14.0. The van der Waals surface area contributed by atoms with Crippen molar-refractivity contribution in [3.63, 3.8) is 0 Å². The molecule has 0 saturated heterocycles. The molecular weight excluding hydrogens is 292 g/mol. The predicted molar refractivity (Wildman–Crippen MR) is 93.7 cm³/mol. The van der Waals surface area contributed by atoms with Gasteiger partial charge in [-0.15, -0.1) is 6.58 Å². The number of hydrogen-bond donors (Lipinski definition) is 3. The number of anilines is 1. The molecule has 23 heavy (non-hydrogen) atoms. The molecule has 0 radical (unpaired) electrons. The maximum Gasteiger partial charge on any atom is 0.156 e. The minimum Gasteiger partial charge on any atom is -0.383 e. The molecule has 0 saturated carbocycles. The van der Waals surface area contributed by atoms with E-state index in [0.29, 0.717) is 5.82 Å². The van der Waals surface area contributed by atoms with Crippen LogP contribution in [-0.2, 0) is 6.54 Å². The summed E-state index contributed by atoms with van der Waals surface area (Å²) < 4.78 is 2.13. The van der Waals surface area contributed by atoms with Gasteiger partial charge in [-0.1, -0.05) is 19.9 Å². The molecule has 2 rings (SSSR count). The van der Waals surface area contributed by atoms with Crippen LogP contribution in [0.25, 0.3) is 11.0 Å². The van der Waals surface area contributed by atoms with Crippen molar-refractivity contribution >= 4 is 16.9 Å². The van der Waals surface area contributed by atoms with E-state index in [4.69, 9.17) is 15.9 Å². The van der Waals surface area contributed by atoms with E-state index in [-0.39, 0.29) is 5.41 Å². The molecule has 0 amide bonds. The van der Waals surface area contributed by atoms with Gasteiger partial charge in [0.2, 0.25) is 0 Å². The lowest BCUT2D eigenvalue weighted by atomic mass is 9.84. The van der Waals surface area contributed by atoms with E-state index in [2.05, 4.69) is 35.0 Å². The van der Waals surface area contributed by atoms with Gasteiger partial charge in [-0.25, -0.2) is 9.97 Å². The number of aromatic nitrogens is 3. The highest BCUT2D eigenvalue weighted by Gasteiger charge is 2.18. The maximum atomic E-state index is 8.08. The van der Waals surface area contributed by atoms with Crippen LogP contribution in [0.2, 0.25) is 0 Å². The topological polar surface area (TPSA) is 97.2 Å². The summed E-state index contributed by atoms with van der Waals surface area (Å²) >= 11 is 0. The zero-order valence-electron chi connectivity index (χ0n) is 14.5. The van der Waals surface area contributed by atoms with Crippen molar-refractivity contribution in [2.75, 3.05) is 5.73 Å². The highest BCUT2D eigenvalue weighted by Crippen LogP contribution is 2.28. The van der Waals surface area contributed by atoms with Crippen LogP contribution in [0.4, 0.5) is 5.82 Å². The Hall–Kier alpha value is -1.92. The second-order valence-corrected chi connectivity index (χ2v) is 6.46. The zero-order valence-corrected chi connectivity index (χ0v) is 14.5. The van der Waals surface area contributed by atoms with Crippen LogP contribution in [0.3, 0.4) is 0 Å². The number of aryl methyl sites for hydroxylation is 1. The first-order valence-corrected chi connectivity index (χ1v) is 7.73. The minimum absolute atomic E-state index is 0.176. The average molecular weight is 320 g/mol. The standard InChI is InChI=1S/C14H20N4.C3H8O2/c1-4-14(3,5-2)7-9-18-8-6-11-12(15)16-10-17-13(11)18;1-3(2,4)5/h4,6,8,10H,1,5,7,9H2,2-3H3,(H2,15,16,17);4-5H,1-2H3/t14-;/m0./s1. The van der Waals surface area contributed by atoms with Gasteiger partial charge in [-0.05, 0) is 38.2 Å². The number of nitrogens with two attached hydrogens (primary N) is 1. The van der Waals surface area contributed by atoms with Crippen molar-refractivity contribution in [1.82, 2.24) is 14.5 Å². The molecule has 0 unspecified atom stereocenters. The summed E-state index contributed by atoms with van der Waals surface area (Å²) in [6.45, 7) is 11.9. The number of rotatable bonds is 5. The lowest BCUT2D eigenvalue weighted by Gasteiger charge is -2.24. The molecule has 0 aliphatic rings. The maximum absolute atomic E-state index is 8.08. The van der Waals surface area contributed by atoms with Crippen LogP contribution in [0, 0.1) is 5.41 Å². The van der Waals surface area contributed by atoms with E-state index in [1.165, 1.54) is 20.2 Å². The molecule has 4 N–H and O–H groups in total. The Bertz CT molecular complexity index is 640. The monoisotopic (exact) mass is 320 g/mol. The van der Waals surface area contributed by atoms with Gasteiger partial charge in [0.1, 0.15) is 17.8 Å². The van der Waals surface area contributed by atoms with Crippen LogP contribution < -0.4 is 5.73 Å². The summed E-state index contributed by atoms with van der Waals surface area (Å²) in [7, 11) is 0. The van der Waals surface area contributed by atoms with Crippen molar-refractivity contribution in [2.45, 2.75) is 52.9 Å². The van der Waals surface area contributed by atoms with E-state index in [9.17, 15) is 0 Å². The van der Waals surface area contributed by atoms with Gasteiger partial charge in [0.15, 0.2) is 5.79 Å². The third-order valence-corrected chi connectivity index (χ3v) is 3.81. The van der Waals surface area contributed by atoms with Gasteiger partial charge >= 0.3 is 0 Å². The number of hydrogen-bond acceptors (Lipinski definition) is 5. The molecule has 0 aliphatic carbocycles. The number of aliphatic hydroxyl groups is 2. The molecule has 0 spiro atoms. The van der Waals surface area contributed by atoms with Gasteiger partial charge < -0.3 is 20.5 Å². The van der Waals surface area contributed by atoms with Crippen molar-refractivity contribution < 1.29 is 10.2 Å². The molecule has 0 aromatic carbocycles. The van der Waals surface area contributed by atoms with Gasteiger partial charge in [0, 0.05) is 12.7 Å². The summed E-state index contributed by atoms with van der Waals surface area (Å²) in [5, 5.41) is 17.1. The molecule has 0 aliphatic heterocycles. The molecule has 2 aromatic rings. The minimum atomic E-state index is -1.50. The lowest BCUT2D eigenvalue weighted by molar-refractivity contribution is -0.127. The largest absolute Gasteiger partial charge is 0.383 e. The van der Waals surface area contributed by atoms with E-state index < -0.39 is 5.79 Å². The smallest absolute Gasteiger partial charge is 0.156 e. The second-order valence-electron chi connectivity index (χ2n) is 6.46. The predicted octanol–water partition coefficient (Wildman–Crippen LogP) is 2.71. The molecule has 2 heterocycles. The third-order valence-electron chi connectivity index (χ3n) is 3.81. The fourth-order valence-electron chi connectivity index (χ4n) is 2.00. The summed E-state index contributed by atoms with van der Waals surface area (Å²) in [6, 6.07) is 1.97. The van der Waals surface area contributed by atoms with Crippen molar-refractivity contribution in [1.29, 1.82) is 0 Å². The first-order chi connectivity index (χ1) is 10.6. The Labute approximate surface area is 137 Å². The number of fused-ring (bicyclic) bond motifs is 1. The second kappa shape index (κ2) is 7.57. The fraction of sp³-hybridized carbons (Fsp3) is 0.529. The first-order valence-electron chi connectivity index (χ1n) is 7.73. The van der Waals surface area contributed by atoms with Gasteiger partial charge in [0.05, 0.1) is 5.39 Å². The van der Waals surface area contributed by atoms with E-state index in [1.807, 2.05) is 18.3 Å².